The number of hydrogen-bond acceptors (Lipinski definition) is 1. The van der Waals surface area contributed by atoms with Crippen molar-refractivity contribution in [2.24, 2.45) is 4.99 Å². The number of para-hydroxylation sites is 1. The molecule has 0 radical (unpaired) electrons. The molecule has 0 unspecified atom stereocenters. The van der Waals surface area contributed by atoms with Gasteiger partial charge in [0, 0.05) is 20.0 Å². The van der Waals surface area contributed by atoms with Gasteiger partial charge in [-0.1, -0.05) is 18.2 Å². The van der Waals surface area contributed by atoms with Gasteiger partial charge in [0.1, 0.15) is 5.84 Å². The molecule has 0 aromatic heterocycles. The Hall–Kier alpha value is -1.31. The lowest BCUT2D eigenvalue weighted by Gasteiger charge is -2.11. The SMILES string of the molecule is Cc1ccccc1N=C1CCCN1C. The van der Waals surface area contributed by atoms with Gasteiger partial charge >= 0.3 is 0 Å². The maximum atomic E-state index is 4.68. The molecule has 2 rings (SSSR count). The van der Waals surface area contributed by atoms with Crippen molar-refractivity contribution >= 4 is 11.5 Å². The van der Waals surface area contributed by atoms with Gasteiger partial charge in [0.15, 0.2) is 0 Å². The first-order valence-corrected chi connectivity index (χ1v) is 5.12. The Morgan fingerprint density at radius 3 is 2.71 bits per heavy atom. The monoisotopic (exact) mass is 188 g/mol. The van der Waals surface area contributed by atoms with E-state index in [0.717, 1.165) is 18.7 Å². The lowest BCUT2D eigenvalue weighted by Crippen LogP contribution is -2.18. The van der Waals surface area contributed by atoms with Crippen LogP contribution in [0, 0.1) is 6.92 Å². The molecule has 2 heteroatoms. The molecule has 0 bridgehead atoms. The van der Waals surface area contributed by atoms with Crippen molar-refractivity contribution in [1.82, 2.24) is 4.90 Å². The largest absolute Gasteiger partial charge is 0.363 e. The maximum absolute atomic E-state index is 4.68. The minimum absolute atomic E-state index is 1.11. The summed E-state index contributed by atoms with van der Waals surface area (Å²) >= 11 is 0. The van der Waals surface area contributed by atoms with Crippen molar-refractivity contribution in [3.63, 3.8) is 0 Å². The lowest BCUT2D eigenvalue weighted by molar-refractivity contribution is 0.550. The summed E-state index contributed by atoms with van der Waals surface area (Å²) in [7, 11) is 2.12. The Bertz CT molecular complexity index is 355. The minimum atomic E-state index is 1.11. The van der Waals surface area contributed by atoms with E-state index in [1.807, 2.05) is 6.07 Å². The number of aryl methyl sites for hydroxylation is 1. The first-order chi connectivity index (χ1) is 6.77. The zero-order valence-electron chi connectivity index (χ0n) is 8.83. The molecule has 1 aliphatic rings. The Balaban J connectivity index is 2.29. The highest BCUT2D eigenvalue weighted by Gasteiger charge is 2.13. The average Bonchev–Trinajstić information content (AvgIpc) is 2.56. The van der Waals surface area contributed by atoms with Gasteiger partial charge in [-0.05, 0) is 25.0 Å². The van der Waals surface area contributed by atoms with Crippen molar-refractivity contribution in [2.45, 2.75) is 19.8 Å². The molecule has 0 aliphatic carbocycles. The van der Waals surface area contributed by atoms with E-state index >= 15 is 0 Å². The Labute approximate surface area is 85.3 Å². The normalized spacial score (nSPS) is 19.3. The van der Waals surface area contributed by atoms with Crippen LogP contribution in [0.15, 0.2) is 29.3 Å². The van der Waals surface area contributed by atoms with E-state index in [1.165, 1.54) is 17.8 Å². The summed E-state index contributed by atoms with van der Waals surface area (Å²) in [5, 5.41) is 0. The van der Waals surface area contributed by atoms with Crippen LogP contribution in [0.1, 0.15) is 18.4 Å². The van der Waals surface area contributed by atoms with E-state index in [9.17, 15) is 0 Å². The van der Waals surface area contributed by atoms with E-state index in [2.05, 4.69) is 42.1 Å². The number of amidine groups is 1. The van der Waals surface area contributed by atoms with Crippen LogP contribution >= 0.6 is 0 Å². The summed E-state index contributed by atoms with van der Waals surface area (Å²) in [6.07, 6.45) is 2.35. The molecule has 1 aromatic carbocycles. The molecule has 1 fully saturated rings. The van der Waals surface area contributed by atoms with E-state index < -0.39 is 0 Å². The van der Waals surface area contributed by atoms with E-state index in [-0.39, 0.29) is 0 Å². The molecule has 2 nitrogen and oxygen atoms in total. The van der Waals surface area contributed by atoms with E-state index in [4.69, 9.17) is 0 Å². The summed E-state index contributed by atoms with van der Waals surface area (Å²) in [4.78, 5) is 6.92. The molecule has 1 aliphatic heterocycles. The van der Waals surface area contributed by atoms with Crippen molar-refractivity contribution in [2.75, 3.05) is 13.6 Å². The van der Waals surface area contributed by atoms with Gasteiger partial charge in [-0.3, -0.25) is 0 Å². The first-order valence-electron chi connectivity index (χ1n) is 5.12. The highest BCUT2D eigenvalue weighted by molar-refractivity contribution is 5.86. The van der Waals surface area contributed by atoms with E-state index in [0.29, 0.717) is 0 Å². The molecule has 0 saturated carbocycles. The average molecular weight is 188 g/mol. The standard InChI is InChI=1S/C12H16N2/c1-10-6-3-4-7-11(10)13-12-8-5-9-14(12)2/h3-4,6-7H,5,8-9H2,1-2H3. The first kappa shape index (κ1) is 9.25. The van der Waals surface area contributed by atoms with Crippen LogP contribution in [0.2, 0.25) is 0 Å². The predicted molar refractivity (Wildman–Crippen MR) is 60.1 cm³/mol. The number of nitrogens with zero attached hydrogens (tertiary/aromatic N) is 2. The van der Waals surface area contributed by atoms with Crippen molar-refractivity contribution in [3.05, 3.63) is 29.8 Å². The van der Waals surface area contributed by atoms with Crippen LogP contribution in [0.3, 0.4) is 0 Å². The zero-order valence-corrected chi connectivity index (χ0v) is 8.83. The fourth-order valence-electron chi connectivity index (χ4n) is 1.76. The second kappa shape index (κ2) is 3.82. The second-order valence-corrected chi connectivity index (χ2v) is 3.84. The molecule has 14 heavy (non-hydrogen) atoms. The van der Waals surface area contributed by atoms with Crippen molar-refractivity contribution < 1.29 is 0 Å². The third-order valence-corrected chi connectivity index (χ3v) is 2.70. The van der Waals surface area contributed by atoms with Gasteiger partial charge in [0.25, 0.3) is 0 Å². The Morgan fingerprint density at radius 2 is 2.07 bits per heavy atom. The molecule has 0 N–H and O–H groups in total. The minimum Gasteiger partial charge on any atom is -0.363 e. The maximum Gasteiger partial charge on any atom is 0.105 e. The second-order valence-electron chi connectivity index (χ2n) is 3.84. The summed E-state index contributed by atoms with van der Waals surface area (Å²) in [5.41, 5.74) is 2.36. The smallest absolute Gasteiger partial charge is 0.105 e. The van der Waals surface area contributed by atoms with Gasteiger partial charge in [-0.15, -0.1) is 0 Å². The van der Waals surface area contributed by atoms with Crippen LogP contribution in [0.25, 0.3) is 0 Å². The Kier molecular flexibility index (Phi) is 2.53. The van der Waals surface area contributed by atoms with Crippen LogP contribution in [-0.4, -0.2) is 24.3 Å². The van der Waals surface area contributed by atoms with Gasteiger partial charge in [-0.2, -0.15) is 0 Å². The van der Waals surface area contributed by atoms with Gasteiger partial charge < -0.3 is 4.90 Å². The van der Waals surface area contributed by atoms with Crippen LogP contribution < -0.4 is 0 Å². The van der Waals surface area contributed by atoms with Crippen LogP contribution in [-0.2, 0) is 0 Å². The number of aliphatic imine (C=N–C) groups is 1. The molecule has 0 amide bonds. The molecular formula is C12H16N2. The topological polar surface area (TPSA) is 15.6 Å². The van der Waals surface area contributed by atoms with Gasteiger partial charge in [0.2, 0.25) is 0 Å². The van der Waals surface area contributed by atoms with Crippen LogP contribution in [0.5, 0.6) is 0 Å². The third-order valence-electron chi connectivity index (χ3n) is 2.70. The molecule has 74 valence electrons. The summed E-state index contributed by atoms with van der Waals surface area (Å²) in [6, 6.07) is 8.28. The molecule has 1 saturated heterocycles. The number of rotatable bonds is 1. The highest BCUT2D eigenvalue weighted by Crippen LogP contribution is 2.20. The Morgan fingerprint density at radius 1 is 1.29 bits per heavy atom. The fraction of sp³-hybridized carbons (Fsp3) is 0.417. The van der Waals surface area contributed by atoms with Crippen molar-refractivity contribution in [3.8, 4) is 0 Å². The van der Waals surface area contributed by atoms with E-state index in [1.54, 1.807) is 0 Å². The molecule has 0 atom stereocenters. The number of benzene rings is 1. The van der Waals surface area contributed by atoms with Crippen molar-refractivity contribution in [1.29, 1.82) is 0 Å². The summed E-state index contributed by atoms with van der Waals surface area (Å²) < 4.78 is 0. The van der Waals surface area contributed by atoms with Gasteiger partial charge in [0.05, 0.1) is 5.69 Å². The summed E-state index contributed by atoms with van der Waals surface area (Å²) in [6.45, 7) is 3.25. The molecule has 0 spiro atoms. The fourth-order valence-corrected chi connectivity index (χ4v) is 1.76. The number of hydrogen-bond donors (Lipinski definition) is 0. The molecular weight excluding hydrogens is 172 g/mol. The molecule has 1 aromatic rings. The van der Waals surface area contributed by atoms with Crippen LogP contribution in [0.4, 0.5) is 5.69 Å². The number of likely N-dealkylation sites (tertiary alicyclic amines) is 1. The third kappa shape index (κ3) is 1.79. The quantitative estimate of drug-likeness (QED) is 0.661. The molecule has 1 heterocycles. The highest BCUT2D eigenvalue weighted by atomic mass is 15.2. The van der Waals surface area contributed by atoms with Gasteiger partial charge in [-0.25, -0.2) is 4.99 Å². The lowest BCUT2D eigenvalue weighted by atomic mass is 10.2. The summed E-state index contributed by atoms with van der Waals surface area (Å²) in [5.74, 6) is 1.22. The predicted octanol–water partition coefficient (Wildman–Crippen LogP) is 2.75. The zero-order chi connectivity index (χ0) is 9.97.